The van der Waals surface area contributed by atoms with E-state index >= 15 is 0 Å². The third kappa shape index (κ3) is 2.44. The molecule has 0 spiro atoms. The Bertz CT molecular complexity index is 315. The first-order valence-corrected chi connectivity index (χ1v) is 5.70. The average molecular weight is 257 g/mol. The number of ether oxygens (including phenoxy) is 1. The fraction of sp³-hybridized carbons (Fsp3) is 0.600. The van der Waals surface area contributed by atoms with Crippen LogP contribution in [0, 0.1) is 5.92 Å². The van der Waals surface area contributed by atoms with E-state index in [1.165, 1.54) is 12.8 Å². The van der Waals surface area contributed by atoms with Crippen LogP contribution in [0.25, 0.3) is 0 Å². The first-order chi connectivity index (χ1) is 6.79. The van der Waals surface area contributed by atoms with Crippen LogP contribution < -0.4 is 4.74 Å². The number of nitrogens with zero attached hydrogens (tertiary/aromatic N) is 2. The number of methoxy groups -OCH3 is 1. The summed E-state index contributed by atoms with van der Waals surface area (Å²) in [5, 5.41) is 0. The summed E-state index contributed by atoms with van der Waals surface area (Å²) in [4.78, 5) is 8.75. The van der Waals surface area contributed by atoms with Gasteiger partial charge < -0.3 is 4.74 Å². The molecule has 0 saturated heterocycles. The summed E-state index contributed by atoms with van der Waals surface area (Å²) < 4.78 is 5.05. The van der Waals surface area contributed by atoms with Crippen LogP contribution in [-0.2, 0) is 6.42 Å². The van der Waals surface area contributed by atoms with E-state index in [4.69, 9.17) is 4.74 Å². The largest absolute Gasteiger partial charge is 0.481 e. The summed E-state index contributed by atoms with van der Waals surface area (Å²) in [5.74, 6) is 1.49. The van der Waals surface area contributed by atoms with Crippen molar-refractivity contribution in [3.05, 3.63) is 18.1 Å². The molecule has 0 N–H and O–H groups in total. The molecule has 1 heterocycles. The van der Waals surface area contributed by atoms with Gasteiger partial charge in [-0.2, -0.15) is 0 Å². The van der Waals surface area contributed by atoms with Gasteiger partial charge in [0.15, 0.2) is 0 Å². The number of hydrogen-bond donors (Lipinski definition) is 0. The van der Waals surface area contributed by atoms with Crippen molar-refractivity contribution < 1.29 is 4.74 Å². The first kappa shape index (κ1) is 9.90. The summed E-state index contributed by atoms with van der Waals surface area (Å²) in [7, 11) is 1.62. The third-order valence-corrected chi connectivity index (χ3v) is 3.52. The zero-order chi connectivity index (χ0) is 9.97. The van der Waals surface area contributed by atoms with Crippen LogP contribution in [0.3, 0.4) is 0 Å². The van der Waals surface area contributed by atoms with E-state index in [0.717, 1.165) is 18.0 Å². The second-order valence-electron chi connectivity index (χ2n) is 3.61. The highest BCUT2D eigenvalue weighted by atomic mass is 79.9. The van der Waals surface area contributed by atoms with Crippen molar-refractivity contribution in [2.24, 2.45) is 5.92 Å². The molecule has 1 saturated carbocycles. The molecule has 1 aliphatic rings. The maximum atomic E-state index is 5.05. The van der Waals surface area contributed by atoms with Gasteiger partial charge in [-0.25, -0.2) is 9.97 Å². The maximum absolute atomic E-state index is 5.05. The molecule has 0 aromatic carbocycles. The van der Waals surface area contributed by atoms with Crippen LogP contribution in [0.1, 0.15) is 18.5 Å². The predicted octanol–water partition coefficient (Wildman–Crippen LogP) is 2.20. The second-order valence-corrected chi connectivity index (χ2v) is 4.79. The van der Waals surface area contributed by atoms with Crippen molar-refractivity contribution >= 4 is 15.9 Å². The van der Waals surface area contributed by atoms with Crippen molar-refractivity contribution in [2.75, 3.05) is 7.11 Å². The number of halogens is 1. The molecule has 1 aromatic heterocycles. The molecule has 0 amide bonds. The van der Waals surface area contributed by atoms with Crippen molar-refractivity contribution in [1.82, 2.24) is 9.97 Å². The summed E-state index contributed by atoms with van der Waals surface area (Å²) in [6, 6.07) is 1.90. The number of aromatic nitrogens is 2. The van der Waals surface area contributed by atoms with Gasteiger partial charge in [0.05, 0.1) is 7.11 Å². The fourth-order valence-corrected chi connectivity index (χ4v) is 2.28. The predicted molar refractivity (Wildman–Crippen MR) is 57.7 cm³/mol. The number of hydrogen-bond acceptors (Lipinski definition) is 3. The van der Waals surface area contributed by atoms with E-state index < -0.39 is 0 Å². The van der Waals surface area contributed by atoms with Crippen LogP contribution in [0.4, 0.5) is 0 Å². The molecular weight excluding hydrogens is 244 g/mol. The van der Waals surface area contributed by atoms with Gasteiger partial charge in [-0.3, -0.25) is 0 Å². The summed E-state index contributed by atoms with van der Waals surface area (Å²) in [6.07, 6.45) is 5.21. The molecule has 2 rings (SSSR count). The van der Waals surface area contributed by atoms with Crippen molar-refractivity contribution in [2.45, 2.75) is 24.1 Å². The Labute approximate surface area is 92.0 Å². The Hall–Kier alpha value is -0.640. The molecule has 14 heavy (non-hydrogen) atoms. The van der Waals surface area contributed by atoms with Gasteiger partial charge in [-0.05, 0) is 18.8 Å². The average Bonchev–Trinajstić information content (AvgIpc) is 3.01. The highest BCUT2D eigenvalue weighted by molar-refractivity contribution is 9.09. The minimum atomic E-state index is 0.558. The Morgan fingerprint density at radius 3 is 3.00 bits per heavy atom. The Kier molecular flexibility index (Phi) is 3.01. The van der Waals surface area contributed by atoms with E-state index in [-0.39, 0.29) is 0 Å². The normalized spacial score (nSPS) is 17.9. The molecule has 4 heteroatoms. The van der Waals surface area contributed by atoms with E-state index in [9.17, 15) is 0 Å². The molecule has 1 aliphatic carbocycles. The second kappa shape index (κ2) is 4.26. The SMILES string of the molecule is COc1cc(CC(Br)C2CC2)ncn1. The molecule has 76 valence electrons. The van der Waals surface area contributed by atoms with Gasteiger partial charge in [0.1, 0.15) is 6.33 Å². The van der Waals surface area contributed by atoms with E-state index in [0.29, 0.717) is 10.7 Å². The Morgan fingerprint density at radius 1 is 1.57 bits per heavy atom. The van der Waals surface area contributed by atoms with E-state index in [1.54, 1.807) is 13.4 Å². The zero-order valence-electron chi connectivity index (χ0n) is 8.11. The van der Waals surface area contributed by atoms with Crippen LogP contribution in [0.5, 0.6) is 5.88 Å². The lowest BCUT2D eigenvalue weighted by atomic mass is 10.2. The van der Waals surface area contributed by atoms with Gasteiger partial charge >= 0.3 is 0 Å². The van der Waals surface area contributed by atoms with Gasteiger partial charge in [-0.15, -0.1) is 0 Å². The summed E-state index contributed by atoms with van der Waals surface area (Å²) >= 11 is 3.69. The highest BCUT2D eigenvalue weighted by Gasteiger charge is 2.29. The van der Waals surface area contributed by atoms with Crippen LogP contribution in [-0.4, -0.2) is 21.9 Å². The van der Waals surface area contributed by atoms with Crippen LogP contribution in [0.2, 0.25) is 0 Å². The number of rotatable bonds is 4. The maximum Gasteiger partial charge on any atom is 0.216 e. The molecule has 0 aliphatic heterocycles. The Morgan fingerprint density at radius 2 is 2.36 bits per heavy atom. The summed E-state index contributed by atoms with van der Waals surface area (Å²) in [6.45, 7) is 0. The van der Waals surface area contributed by atoms with Crippen LogP contribution in [0.15, 0.2) is 12.4 Å². The lowest BCUT2D eigenvalue weighted by Gasteiger charge is -2.07. The molecule has 1 fully saturated rings. The topological polar surface area (TPSA) is 35.0 Å². The lowest BCUT2D eigenvalue weighted by Crippen LogP contribution is -2.07. The smallest absolute Gasteiger partial charge is 0.216 e. The molecular formula is C10H13BrN2O. The third-order valence-electron chi connectivity index (χ3n) is 2.45. The molecule has 1 atom stereocenters. The molecule has 0 radical (unpaired) electrons. The zero-order valence-corrected chi connectivity index (χ0v) is 9.70. The minimum absolute atomic E-state index is 0.558. The van der Waals surface area contributed by atoms with Gasteiger partial charge in [-0.1, -0.05) is 15.9 Å². The highest BCUT2D eigenvalue weighted by Crippen LogP contribution is 2.37. The molecule has 0 bridgehead atoms. The first-order valence-electron chi connectivity index (χ1n) is 4.78. The lowest BCUT2D eigenvalue weighted by molar-refractivity contribution is 0.395. The van der Waals surface area contributed by atoms with E-state index in [1.807, 2.05) is 6.07 Å². The monoisotopic (exact) mass is 256 g/mol. The van der Waals surface area contributed by atoms with E-state index in [2.05, 4.69) is 25.9 Å². The summed E-state index contributed by atoms with van der Waals surface area (Å²) in [5.41, 5.74) is 1.05. The number of alkyl halides is 1. The van der Waals surface area contributed by atoms with Gasteiger partial charge in [0.2, 0.25) is 5.88 Å². The molecule has 1 unspecified atom stereocenters. The van der Waals surface area contributed by atoms with Gasteiger partial charge in [0.25, 0.3) is 0 Å². The molecule has 3 nitrogen and oxygen atoms in total. The van der Waals surface area contributed by atoms with Crippen LogP contribution >= 0.6 is 15.9 Å². The fourth-order valence-electron chi connectivity index (χ4n) is 1.42. The van der Waals surface area contributed by atoms with Crippen molar-refractivity contribution in [1.29, 1.82) is 0 Å². The standard InChI is InChI=1S/C10H13BrN2O/c1-14-10-5-8(12-6-13-10)4-9(11)7-2-3-7/h5-7,9H,2-4H2,1H3. The molecule has 1 aromatic rings. The van der Waals surface area contributed by atoms with Crippen molar-refractivity contribution in [3.8, 4) is 5.88 Å². The minimum Gasteiger partial charge on any atom is -0.481 e. The van der Waals surface area contributed by atoms with Crippen molar-refractivity contribution in [3.63, 3.8) is 0 Å². The quantitative estimate of drug-likeness (QED) is 0.775. The Balaban J connectivity index is 2.00. The van der Waals surface area contributed by atoms with Gasteiger partial charge in [0, 0.05) is 23.0 Å².